The molecule has 0 bridgehead atoms. The summed E-state index contributed by atoms with van der Waals surface area (Å²) in [6.45, 7) is 10.1. The van der Waals surface area contributed by atoms with Gasteiger partial charge in [0.1, 0.15) is 11.5 Å². The average Bonchev–Trinajstić information content (AvgIpc) is 2.14. The Balaban J connectivity index is 3.40. The van der Waals surface area contributed by atoms with Gasteiger partial charge >= 0.3 is 0 Å². The van der Waals surface area contributed by atoms with E-state index in [0.717, 1.165) is 16.9 Å². The molecule has 0 saturated heterocycles. The number of rotatable bonds is 3. The molecule has 17 heavy (non-hydrogen) atoms. The van der Waals surface area contributed by atoms with Gasteiger partial charge in [-0.05, 0) is 19.3 Å². The van der Waals surface area contributed by atoms with Crippen LogP contribution in [0.3, 0.4) is 0 Å². The first-order valence-electron chi connectivity index (χ1n) is 5.93. The van der Waals surface area contributed by atoms with Crippen molar-refractivity contribution in [2.75, 3.05) is 7.11 Å². The first kappa shape index (κ1) is 13.8. The molecular weight excluding hydrogens is 212 g/mol. The molecule has 2 heteroatoms. The fourth-order valence-electron chi connectivity index (χ4n) is 2.05. The van der Waals surface area contributed by atoms with Gasteiger partial charge in [0, 0.05) is 17.5 Å². The minimum atomic E-state index is 0.0168. The lowest BCUT2D eigenvalue weighted by Crippen LogP contribution is -2.15. The van der Waals surface area contributed by atoms with E-state index in [9.17, 15) is 4.79 Å². The normalized spacial score (nSPS) is 11.4. The Hall–Kier alpha value is -1.31. The molecule has 0 spiro atoms. The Morgan fingerprint density at radius 2 is 1.88 bits per heavy atom. The maximum absolute atomic E-state index is 11.3. The predicted octanol–water partition coefficient (Wildman–Crippen LogP) is 3.43. The Kier molecular flexibility index (Phi) is 3.97. The molecule has 0 aliphatic rings. The van der Waals surface area contributed by atoms with E-state index < -0.39 is 0 Å². The summed E-state index contributed by atoms with van der Waals surface area (Å²) in [6.07, 6.45) is 0.438. The Morgan fingerprint density at radius 1 is 1.29 bits per heavy atom. The molecule has 0 heterocycles. The van der Waals surface area contributed by atoms with Gasteiger partial charge in [0.15, 0.2) is 0 Å². The molecule has 1 aromatic carbocycles. The second-order valence-electron chi connectivity index (χ2n) is 5.63. The van der Waals surface area contributed by atoms with E-state index in [1.165, 1.54) is 5.56 Å². The van der Waals surface area contributed by atoms with Gasteiger partial charge in [0.05, 0.1) is 7.11 Å². The summed E-state index contributed by atoms with van der Waals surface area (Å²) in [4.78, 5) is 11.3. The molecule has 0 amide bonds. The second kappa shape index (κ2) is 4.91. The summed E-state index contributed by atoms with van der Waals surface area (Å²) < 4.78 is 5.51. The number of benzene rings is 1. The highest BCUT2D eigenvalue weighted by atomic mass is 16.5. The van der Waals surface area contributed by atoms with Gasteiger partial charge in [-0.2, -0.15) is 0 Å². The number of hydrogen-bond acceptors (Lipinski definition) is 2. The van der Waals surface area contributed by atoms with Crippen molar-refractivity contribution in [3.63, 3.8) is 0 Å². The first-order valence-corrected chi connectivity index (χ1v) is 5.93. The molecule has 94 valence electrons. The fourth-order valence-corrected chi connectivity index (χ4v) is 2.05. The Bertz CT molecular complexity index is 425. The highest BCUT2D eigenvalue weighted by Crippen LogP contribution is 2.35. The van der Waals surface area contributed by atoms with Gasteiger partial charge in [0.25, 0.3) is 0 Å². The summed E-state index contributed by atoms with van der Waals surface area (Å²) in [6, 6.07) is 4.18. The molecular formula is C15H22O2. The summed E-state index contributed by atoms with van der Waals surface area (Å²) >= 11 is 0. The maximum atomic E-state index is 11.3. The summed E-state index contributed by atoms with van der Waals surface area (Å²) in [5, 5.41) is 0. The minimum absolute atomic E-state index is 0.0168. The average molecular weight is 234 g/mol. The third-order valence-electron chi connectivity index (χ3n) is 2.76. The number of carbonyl (C=O) groups is 1. The van der Waals surface area contributed by atoms with Crippen LogP contribution in [0.15, 0.2) is 12.1 Å². The van der Waals surface area contributed by atoms with Crippen molar-refractivity contribution in [3.05, 3.63) is 28.8 Å². The van der Waals surface area contributed by atoms with Gasteiger partial charge in [0.2, 0.25) is 0 Å². The maximum Gasteiger partial charge on any atom is 0.134 e. The van der Waals surface area contributed by atoms with E-state index in [4.69, 9.17) is 4.74 Å². The number of methoxy groups -OCH3 is 1. The second-order valence-corrected chi connectivity index (χ2v) is 5.63. The van der Waals surface area contributed by atoms with E-state index in [-0.39, 0.29) is 11.2 Å². The Labute approximate surface area is 104 Å². The molecule has 0 unspecified atom stereocenters. The molecule has 0 aromatic heterocycles. The topological polar surface area (TPSA) is 26.3 Å². The van der Waals surface area contributed by atoms with Crippen LogP contribution in [0.2, 0.25) is 0 Å². The van der Waals surface area contributed by atoms with Gasteiger partial charge in [-0.1, -0.05) is 38.5 Å². The molecule has 1 rings (SSSR count). The predicted molar refractivity (Wildman–Crippen MR) is 70.8 cm³/mol. The van der Waals surface area contributed by atoms with E-state index in [1.54, 1.807) is 14.0 Å². The van der Waals surface area contributed by atoms with E-state index in [2.05, 4.69) is 33.8 Å². The summed E-state index contributed by atoms with van der Waals surface area (Å²) in [7, 11) is 1.67. The van der Waals surface area contributed by atoms with Crippen LogP contribution in [0.1, 0.15) is 44.4 Å². The standard InChI is InChI=1S/C15H22O2/c1-10-7-12(9-11(2)16)14(17-6)13(8-10)15(3,4)5/h7-8H,9H2,1-6H3. The zero-order chi connectivity index (χ0) is 13.2. The molecule has 0 atom stereocenters. The summed E-state index contributed by atoms with van der Waals surface area (Å²) in [5.74, 6) is 1.02. The van der Waals surface area contributed by atoms with Crippen molar-refractivity contribution < 1.29 is 9.53 Å². The first-order chi connectivity index (χ1) is 7.75. The molecule has 0 N–H and O–H groups in total. The monoisotopic (exact) mass is 234 g/mol. The van der Waals surface area contributed by atoms with Crippen molar-refractivity contribution >= 4 is 5.78 Å². The zero-order valence-electron chi connectivity index (χ0n) is 11.7. The van der Waals surface area contributed by atoms with Crippen LogP contribution in [-0.2, 0) is 16.6 Å². The number of carbonyl (C=O) groups excluding carboxylic acids is 1. The van der Waals surface area contributed by atoms with Crippen molar-refractivity contribution in [3.8, 4) is 5.75 Å². The van der Waals surface area contributed by atoms with Crippen molar-refractivity contribution in [2.45, 2.75) is 46.5 Å². The van der Waals surface area contributed by atoms with Crippen LogP contribution >= 0.6 is 0 Å². The number of ketones is 1. The minimum Gasteiger partial charge on any atom is -0.496 e. The lowest BCUT2D eigenvalue weighted by molar-refractivity contribution is -0.116. The van der Waals surface area contributed by atoms with Crippen LogP contribution in [0.4, 0.5) is 0 Å². The molecule has 0 fully saturated rings. The molecule has 2 nitrogen and oxygen atoms in total. The van der Waals surface area contributed by atoms with Crippen LogP contribution in [0.5, 0.6) is 5.75 Å². The van der Waals surface area contributed by atoms with Gasteiger partial charge in [-0.25, -0.2) is 0 Å². The largest absolute Gasteiger partial charge is 0.496 e. The quantitative estimate of drug-likeness (QED) is 0.801. The number of Topliss-reactive ketones (excluding diaryl/α,β-unsaturated/α-hetero) is 1. The smallest absolute Gasteiger partial charge is 0.134 e. The lowest BCUT2D eigenvalue weighted by atomic mass is 9.83. The van der Waals surface area contributed by atoms with Crippen LogP contribution in [-0.4, -0.2) is 12.9 Å². The van der Waals surface area contributed by atoms with Crippen LogP contribution in [0.25, 0.3) is 0 Å². The molecule has 0 saturated carbocycles. The number of hydrogen-bond donors (Lipinski definition) is 0. The molecule has 0 radical (unpaired) electrons. The Morgan fingerprint density at radius 3 is 2.29 bits per heavy atom. The third kappa shape index (κ3) is 3.32. The fraction of sp³-hybridized carbons (Fsp3) is 0.533. The molecule has 1 aromatic rings. The van der Waals surface area contributed by atoms with Gasteiger partial charge in [-0.15, -0.1) is 0 Å². The highest BCUT2D eigenvalue weighted by Gasteiger charge is 2.22. The van der Waals surface area contributed by atoms with E-state index in [1.807, 2.05) is 6.07 Å². The third-order valence-corrected chi connectivity index (χ3v) is 2.76. The number of aryl methyl sites for hydroxylation is 1. The highest BCUT2D eigenvalue weighted by molar-refractivity contribution is 5.79. The zero-order valence-corrected chi connectivity index (χ0v) is 11.7. The van der Waals surface area contributed by atoms with Crippen molar-refractivity contribution in [1.29, 1.82) is 0 Å². The van der Waals surface area contributed by atoms with E-state index in [0.29, 0.717) is 6.42 Å². The molecule has 0 aliphatic carbocycles. The van der Waals surface area contributed by atoms with Crippen LogP contribution < -0.4 is 4.74 Å². The summed E-state index contributed by atoms with van der Waals surface area (Å²) in [5.41, 5.74) is 3.34. The van der Waals surface area contributed by atoms with Gasteiger partial charge in [-0.3, -0.25) is 4.79 Å². The lowest BCUT2D eigenvalue weighted by Gasteiger charge is -2.24. The number of ether oxygens (including phenoxy) is 1. The van der Waals surface area contributed by atoms with Crippen molar-refractivity contribution in [1.82, 2.24) is 0 Å². The SMILES string of the molecule is COc1c(CC(C)=O)cc(C)cc1C(C)(C)C. The van der Waals surface area contributed by atoms with Crippen LogP contribution in [0, 0.1) is 6.92 Å². The molecule has 0 aliphatic heterocycles. The van der Waals surface area contributed by atoms with Crippen molar-refractivity contribution in [2.24, 2.45) is 0 Å². The van der Waals surface area contributed by atoms with E-state index >= 15 is 0 Å². The van der Waals surface area contributed by atoms with Gasteiger partial charge < -0.3 is 4.74 Å².